The van der Waals surface area contributed by atoms with Crippen molar-refractivity contribution < 1.29 is 0 Å². The van der Waals surface area contributed by atoms with Gasteiger partial charge in [-0.05, 0) is 36.3 Å². The Hall–Kier alpha value is 0.310. The summed E-state index contributed by atoms with van der Waals surface area (Å²) in [6.07, 6.45) is 7.09. The van der Waals surface area contributed by atoms with Gasteiger partial charge in [-0.15, -0.1) is 0 Å². The fourth-order valence-electron chi connectivity index (χ4n) is 3.24. The summed E-state index contributed by atoms with van der Waals surface area (Å²) in [6, 6.07) is 1.56. The van der Waals surface area contributed by atoms with Crippen LogP contribution >= 0.6 is 11.8 Å². The molecule has 2 rings (SSSR count). The largest absolute Gasteiger partial charge is 0.310 e. The molecular formula is C14H27NS. The van der Waals surface area contributed by atoms with Crippen molar-refractivity contribution in [1.29, 1.82) is 0 Å². The van der Waals surface area contributed by atoms with E-state index < -0.39 is 0 Å². The van der Waals surface area contributed by atoms with Crippen LogP contribution in [0.2, 0.25) is 0 Å². The van der Waals surface area contributed by atoms with Gasteiger partial charge in [0.15, 0.2) is 0 Å². The molecule has 94 valence electrons. The molecule has 0 spiro atoms. The van der Waals surface area contributed by atoms with Crippen molar-refractivity contribution in [2.45, 2.75) is 65.0 Å². The summed E-state index contributed by atoms with van der Waals surface area (Å²) in [5, 5.41) is 3.94. The van der Waals surface area contributed by atoms with Crippen LogP contribution in [0.25, 0.3) is 0 Å². The minimum Gasteiger partial charge on any atom is -0.310 e. The molecule has 3 atom stereocenters. The van der Waals surface area contributed by atoms with E-state index in [1.165, 1.54) is 43.6 Å². The Kier molecular flexibility index (Phi) is 4.23. The Morgan fingerprint density at radius 1 is 1.19 bits per heavy atom. The summed E-state index contributed by atoms with van der Waals surface area (Å²) >= 11 is 2.14. The van der Waals surface area contributed by atoms with E-state index in [-0.39, 0.29) is 0 Å². The van der Waals surface area contributed by atoms with Crippen LogP contribution in [0.15, 0.2) is 0 Å². The van der Waals surface area contributed by atoms with Crippen molar-refractivity contribution in [2.75, 3.05) is 11.5 Å². The van der Waals surface area contributed by atoms with Crippen molar-refractivity contribution in [3.63, 3.8) is 0 Å². The molecule has 0 bridgehead atoms. The Balaban J connectivity index is 1.84. The van der Waals surface area contributed by atoms with E-state index >= 15 is 0 Å². The molecule has 0 aromatic carbocycles. The van der Waals surface area contributed by atoms with Gasteiger partial charge in [-0.25, -0.2) is 0 Å². The highest BCUT2D eigenvalue weighted by Crippen LogP contribution is 2.34. The molecule has 2 heteroatoms. The SMILES string of the molecule is CC1CCCCC1NC1CSCC(C)(C)C1. The molecule has 1 aliphatic heterocycles. The van der Waals surface area contributed by atoms with Crippen LogP contribution in [-0.2, 0) is 0 Å². The summed E-state index contributed by atoms with van der Waals surface area (Å²) in [7, 11) is 0. The van der Waals surface area contributed by atoms with Gasteiger partial charge in [0.1, 0.15) is 0 Å². The molecule has 1 heterocycles. The first-order chi connectivity index (χ1) is 7.57. The second-order valence-corrected chi connectivity index (χ2v) is 7.65. The first kappa shape index (κ1) is 12.8. The minimum absolute atomic E-state index is 0.540. The maximum atomic E-state index is 3.94. The summed E-state index contributed by atoms with van der Waals surface area (Å²) in [4.78, 5) is 0. The van der Waals surface area contributed by atoms with Gasteiger partial charge in [0.2, 0.25) is 0 Å². The summed E-state index contributed by atoms with van der Waals surface area (Å²) < 4.78 is 0. The smallest absolute Gasteiger partial charge is 0.0166 e. The van der Waals surface area contributed by atoms with Gasteiger partial charge in [-0.1, -0.05) is 33.6 Å². The molecule has 0 aromatic heterocycles. The van der Waals surface area contributed by atoms with Gasteiger partial charge >= 0.3 is 0 Å². The Morgan fingerprint density at radius 3 is 2.62 bits per heavy atom. The molecule has 3 unspecified atom stereocenters. The molecule has 2 aliphatic rings. The van der Waals surface area contributed by atoms with Crippen molar-refractivity contribution in [3.05, 3.63) is 0 Å². The van der Waals surface area contributed by atoms with E-state index in [1.54, 1.807) is 0 Å². The lowest BCUT2D eigenvalue weighted by molar-refractivity contribution is 0.231. The third-order valence-corrected chi connectivity index (χ3v) is 5.80. The van der Waals surface area contributed by atoms with Crippen molar-refractivity contribution >= 4 is 11.8 Å². The lowest BCUT2D eigenvalue weighted by Crippen LogP contribution is -2.48. The van der Waals surface area contributed by atoms with E-state index in [0.29, 0.717) is 5.41 Å². The molecule has 1 N–H and O–H groups in total. The highest BCUT2D eigenvalue weighted by atomic mass is 32.2. The topological polar surface area (TPSA) is 12.0 Å². The van der Waals surface area contributed by atoms with E-state index in [1.807, 2.05) is 0 Å². The van der Waals surface area contributed by atoms with Gasteiger partial charge in [0, 0.05) is 17.8 Å². The second kappa shape index (κ2) is 5.30. The van der Waals surface area contributed by atoms with Gasteiger partial charge in [0.25, 0.3) is 0 Å². The molecule has 0 aromatic rings. The number of hydrogen-bond donors (Lipinski definition) is 1. The average Bonchev–Trinajstić information content (AvgIpc) is 2.20. The second-order valence-electron chi connectivity index (χ2n) is 6.62. The van der Waals surface area contributed by atoms with Gasteiger partial charge < -0.3 is 5.32 Å². The van der Waals surface area contributed by atoms with Crippen LogP contribution in [0, 0.1) is 11.3 Å². The lowest BCUT2D eigenvalue weighted by Gasteiger charge is -2.39. The highest BCUT2D eigenvalue weighted by molar-refractivity contribution is 7.99. The summed E-state index contributed by atoms with van der Waals surface area (Å²) in [5.41, 5.74) is 0.540. The molecule has 1 nitrogen and oxygen atoms in total. The van der Waals surface area contributed by atoms with E-state index in [9.17, 15) is 0 Å². The van der Waals surface area contributed by atoms with E-state index in [0.717, 1.165) is 18.0 Å². The zero-order valence-electron chi connectivity index (χ0n) is 11.1. The number of nitrogens with one attached hydrogen (secondary N) is 1. The third-order valence-electron chi connectivity index (χ3n) is 4.17. The molecule has 1 aliphatic carbocycles. The Bertz CT molecular complexity index is 227. The van der Waals surface area contributed by atoms with Crippen LogP contribution < -0.4 is 5.32 Å². The van der Waals surface area contributed by atoms with Crippen LogP contribution in [0.5, 0.6) is 0 Å². The molecule has 2 fully saturated rings. The number of rotatable bonds is 2. The molecule has 1 saturated heterocycles. The number of hydrogen-bond acceptors (Lipinski definition) is 2. The van der Waals surface area contributed by atoms with Gasteiger partial charge in [0.05, 0.1) is 0 Å². The van der Waals surface area contributed by atoms with Crippen LogP contribution in [0.1, 0.15) is 52.9 Å². The van der Waals surface area contributed by atoms with Crippen molar-refractivity contribution in [2.24, 2.45) is 11.3 Å². The predicted molar refractivity (Wildman–Crippen MR) is 74.1 cm³/mol. The molecule has 0 radical (unpaired) electrons. The standard InChI is InChI=1S/C14H27NS/c1-11-6-4-5-7-13(11)15-12-8-14(2,3)10-16-9-12/h11-13,15H,4-10H2,1-3H3. The lowest BCUT2D eigenvalue weighted by atomic mass is 9.83. The third kappa shape index (κ3) is 3.40. The van der Waals surface area contributed by atoms with Crippen molar-refractivity contribution in [1.82, 2.24) is 5.32 Å². The number of thioether (sulfide) groups is 1. The van der Waals surface area contributed by atoms with E-state index in [4.69, 9.17) is 0 Å². The summed E-state index contributed by atoms with van der Waals surface area (Å²) in [5.74, 6) is 3.56. The first-order valence-electron chi connectivity index (χ1n) is 6.91. The molecule has 1 saturated carbocycles. The van der Waals surface area contributed by atoms with Gasteiger partial charge in [-0.2, -0.15) is 11.8 Å². The normalized spacial score (nSPS) is 39.6. The molecular weight excluding hydrogens is 214 g/mol. The average molecular weight is 241 g/mol. The first-order valence-corrected chi connectivity index (χ1v) is 8.06. The minimum atomic E-state index is 0.540. The maximum Gasteiger partial charge on any atom is 0.0166 e. The van der Waals surface area contributed by atoms with Crippen LogP contribution in [0.4, 0.5) is 0 Å². The highest BCUT2D eigenvalue weighted by Gasteiger charge is 2.31. The summed E-state index contributed by atoms with van der Waals surface area (Å²) in [6.45, 7) is 7.26. The fourth-order valence-corrected chi connectivity index (χ4v) is 4.52. The quantitative estimate of drug-likeness (QED) is 0.791. The Labute approximate surface area is 105 Å². The fraction of sp³-hybridized carbons (Fsp3) is 1.00. The van der Waals surface area contributed by atoms with Crippen molar-refractivity contribution in [3.8, 4) is 0 Å². The van der Waals surface area contributed by atoms with Crippen LogP contribution in [-0.4, -0.2) is 23.6 Å². The monoisotopic (exact) mass is 241 g/mol. The molecule has 16 heavy (non-hydrogen) atoms. The predicted octanol–water partition coefficient (Wildman–Crippen LogP) is 3.69. The zero-order valence-corrected chi connectivity index (χ0v) is 11.9. The zero-order chi connectivity index (χ0) is 11.6. The van der Waals surface area contributed by atoms with E-state index in [2.05, 4.69) is 37.8 Å². The maximum absolute atomic E-state index is 3.94. The van der Waals surface area contributed by atoms with Crippen LogP contribution in [0.3, 0.4) is 0 Å². The molecule has 0 amide bonds. The Morgan fingerprint density at radius 2 is 1.94 bits per heavy atom. The van der Waals surface area contributed by atoms with Gasteiger partial charge in [-0.3, -0.25) is 0 Å².